The monoisotopic (exact) mass is 404 g/mol. The summed E-state index contributed by atoms with van der Waals surface area (Å²) in [5.74, 6) is 1.24. The normalized spacial score (nSPS) is 16.3. The van der Waals surface area contributed by atoms with Crippen LogP contribution in [-0.4, -0.2) is 43.4 Å². The molecular weight excluding hydrogens is 380 g/mol. The van der Waals surface area contributed by atoms with E-state index in [1.807, 2.05) is 30.0 Å². The van der Waals surface area contributed by atoms with Gasteiger partial charge in [-0.1, -0.05) is 6.07 Å². The van der Waals surface area contributed by atoms with Crippen molar-refractivity contribution in [2.75, 3.05) is 18.4 Å². The Morgan fingerprint density at radius 1 is 1.17 bits per heavy atom. The molecule has 8 nitrogen and oxygen atoms in total. The van der Waals surface area contributed by atoms with Crippen LogP contribution in [0.15, 0.2) is 53.7 Å². The number of anilines is 2. The predicted molar refractivity (Wildman–Crippen MR) is 114 cm³/mol. The van der Waals surface area contributed by atoms with Crippen molar-refractivity contribution in [3.05, 3.63) is 76.1 Å². The molecule has 1 aliphatic rings. The van der Waals surface area contributed by atoms with Crippen molar-refractivity contribution >= 4 is 17.7 Å². The molecule has 0 bridgehead atoms. The minimum Gasteiger partial charge on any atom is -0.338 e. The van der Waals surface area contributed by atoms with Crippen LogP contribution in [0.5, 0.6) is 0 Å². The molecule has 0 aliphatic carbocycles. The Hall–Kier alpha value is -3.55. The van der Waals surface area contributed by atoms with Gasteiger partial charge in [0, 0.05) is 50.7 Å². The molecule has 4 rings (SSSR count). The second kappa shape index (κ2) is 8.44. The molecule has 0 radical (unpaired) electrons. The van der Waals surface area contributed by atoms with E-state index in [9.17, 15) is 9.59 Å². The van der Waals surface area contributed by atoms with Crippen molar-refractivity contribution < 1.29 is 4.79 Å². The molecule has 1 atom stereocenters. The van der Waals surface area contributed by atoms with Gasteiger partial charge < -0.3 is 14.8 Å². The summed E-state index contributed by atoms with van der Waals surface area (Å²) in [6.45, 7) is 3.27. The quantitative estimate of drug-likeness (QED) is 0.719. The van der Waals surface area contributed by atoms with Gasteiger partial charge in [-0.3, -0.25) is 9.59 Å². The van der Waals surface area contributed by atoms with E-state index in [0.717, 1.165) is 24.1 Å². The third-order valence-corrected chi connectivity index (χ3v) is 5.29. The lowest BCUT2D eigenvalue weighted by Gasteiger charge is -2.32. The fraction of sp³-hybridized carbons (Fsp3) is 0.318. The number of hydrogen-bond acceptors (Lipinski definition) is 6. The van der Waals surface area contributed by atoms with Gasteiger partial charge in [0.15, 0.2) is 0 Å². The third kappa shape index (κ3) is 4.37. The summed E-state index contributed by atoms with van der Waals surface area (Å²) in [6.07, 6.45) is 6.96. The molecule has 0 unspecified atom stereocenters. The lowest BCUT2D eigenvalue weighted by atomic mass is 9.94. The van der Waals surface area contributed by atoms with E-state index in [1.54, 1.807) is 31.7 Å². The topological polar surface area (TPSA) is 93.0 Å². The van der Waals surface area contributed by atoms with Gasteiger partial charge >= 0.3 is 0 Å². The molecule has 1 amide bonds. The Bertz CT molecular complexity index is 1110. The standard InChI is InChI=1S/C22H24N6O2/c1-15-5-7-19(24-12-15)26-22-23-10-9-18(25-22)16-4-3-11-28(14-16)21(30)17-6-8-20(29)27(2)13-17/h5-10,12-13,16H,3-4,11,14H2,1-2H3,(H,23,24,25,26)/t16-/m0/s1. The molecule has 3 aromatic heterocycles. The van der Waals surface area contributed by atoms with Crippen LogP contribution >= 0.6 is 0 Å². The van der Waals surface area contributed by atoms with Gasteiger partial charge in [-0.05, 0) is 43.5 Å². The average Bonchev–Trinajstić information content (AvgIpc) is 2.77. The van der Waals surface area contributed by atoms with E-state index in [1.165, 1.54) is 10.6 Å². The van der Waals surface area contributed by atoms with Gasteiger partial charge in [-0.2, -0.15) is 0 Å². The molecule has 1 aliphatic heterocycles. The fourth-order valence-corrected chi connectivity index (χ4v) is 3.62. The fourth-order valence-electron chi connectivity index (χ4n) is 3.62. The first kappa shape index (κ1) is 19.8. The second-order valence-corrected chi connectivity index (χ2v) is 7.61. The molecule has 154 valence electrons. The Labute approximate surface area is 174 Å². The van der Waals surface area contributed by atoms with Crippen LogP contribution in [0.1, 0.15) is 40.4 Å². The number of piperidine rings is 1. The minimum absolute atomic E-state index is 0.0634. The van der Waals surface area contributed by atoms with Crippen molar-refractivity contribution in [3.8, 4) is 0 Å². The summed E-state index contributed by atoms with van der Waals surface area (Å²) in [5, 5.41) is 3.14. The Morgan fingerprint density at radius 2 is 2.03 bits per heavy atom. The van der Waals surface area contributed by atoms with Gasteiger partial charge in [0.05, 0.1) is 11.3 Å². The minimum atomic E-state index is -0.132. The first-order valence-corrected chi connectivity index (χ1v) is 9.98. The number of hydrogen-bond donors (Lipinski definition) is 1. The third-order valence-electron chi connectivity index (χ3n) is 5.29. The Morgan fingerprint density at radius 3 is 2.80 bits per heavy atom. The van der Waals surface area contributed by atoms with Crippen molar-refractivity contribution in [1.82, 2.24) is 24.4 Å². The summed E-state index contributed by atoms with van der Waals surface area (Å²) >= 11 is 0. The van der Waals surface area contributed by atoms with Gasteiger partial charge in [0.1, 0.15) is 5.82 Å². The summed E-state index contributed by atoms with van der Waals surface area (Å²) < 4.78 is 1.43. The molecule has 1 saturated heterocycles. The van der Waals surface area contributed by atoms with Crippen LogP contribution in [0.4, 0.5) is 11.8 Å². The highest BCUT2D eigenvalue weighted by Gasteiger charge is 2.26. The summed E-state index contributed by atoms with van der Waals surface area (Å²) in [5.41, 5.74) is 2.37. The smallest absolute Gasteiger partial charge is 0.255 e. The number of carbonyl (C=O) groups excluding carboxylic acids is 1. The van der Waals surface area contributed by atoms with Crippen LogP contribution in [-0.2, 0) is 7.05 Å². The molecule has 1 fully saturated rings. The zero-order chi connectivity index (χ0) is 21.1. The lowest BCUT2D eigenvalue weighted by molar-refractivity contribution is 0.0705. The number of nitrogens with one attached hydrogen (secondary N) is 1. The first-order valence-electron chi connectivity index (χ1n) is 9.98. The van der Waals surface area contributed by atoms with Crippen molar-refractivity contribution in [2.24, 2.45) is 7.05 Å². The molecular formula is C22H24N6O2. The molecule has 3 aromatic rings. The maximum Gasteiger partial charge on any atom is 0.255 e. The summed E-state index contributed by atoms with van der Waals surface area (Å²) in [7, 11) is 1.65. The number of aryl methyl sites for hydroxylation is 2. The highest BCUT2D eigenvalue weighted by atomic mass is 16.2. The number of rotatable bonds is 4. The van der Waals surface area contributed by atoms with E-state index < -0.39 is 0 Å². The van der Waals surface area contributed by atoms with E-state index >= 15 is 0 Å². The number of likely N-dealkylation sites (tertiary alicyclic amines) is 1. The molecule has 30 heavy (non-hydrogen) atoms. The highest BCUT2D eigenvalue weighted by molar-refractivity contribution is 5.94. The van der Waals surface area contributed by atoms with Crippen LogP contribution < -0.4 is 10.9 Å². The number of carbonyl (C=O) groups is 1. The number of aromatic nitrogens is 4. The zero-order valence-corrected chi connectivity index (χ0v) is 17.1. The van der Waals surface area contributed by atoms with Gasteiger partial charge in [0.25, 0.3) is 5.91 Å². The Balaban J connectivity index is 1.49. The Kier molecular flexibility index (Phi) is 5.56. The van der Waals surface area contributed by atoms with E-state index in [-0.39, 0.29) is 17.4 Å². The average molecular weight is 404 g/mol. The maximum absolute atomic E-state index is 12.9. The molecule has 1 N–H and O–H groups in total. The van der Waals surface area contributed by atoms with Crippen molar-refractivity contribution in [1.29, 1.82) is 0 Å². The van der Waals surface area contributed by atoms with Crippen LogP contribution in [0.3, 0.4) is 0 Å². The largest absolute Gasteiger partial charge is 0.338 e. The lowest BCUT2D eigenvalue weighted by Crippen LogP contribution is -2.39. The SMILES string of the molecule is Cc1ccc(Nc2nccc([C@H]3CCCN(C(=O)c4ccc(=O)n(C)c4)C3)n2)nc1. The van der Waals surface area contributed by atoms with Crippen LogP contribution in [0, 0.1) is 6.92 Å². The second-order valence-electron chi connectivity index (χ2n) is 7.61. The molecule has 8 heteroatoms. The molecule has 0 saturated carbocycles. The van der Waals surface area contributed by atoms with E-state index in [4.69, 9.17) is 0 Å². The van der Waals surface area contributed by atoms with Crippen molar-refractivity contribution in [2.45, 2.75) is 25.7 Å². The van der Waals surface area contributed by atoms with Crippen molar-refractivity contribution in [3.63, 3.8) is 0 Å². The number of pyridine rings is 2. The predicted octanol–water partition coefficient (Wildman–Crippen LogP) is 2.64. The number of amides is 1. The first-order chi connectivity index (χ1) is 14.5. The molecule has 0 spiro atoms. The van der Waals surface area contributed by atoms with Gasteiger partial charge in [-0.15, -0.1) is 0 Å². The van der Waals surface area contributed by atoms with Crippen LogP contribution in [0.25, 0.3) is 0 Å². The van der Waals surface area contributed by atoms with Crippen LogP contribution in [0.2, 0.25) is 0 Å². The maximum atomic E-state index is 12.9. The molecule has 0 aromatic carbocycles. The van der Waals surface area contributed by atoms with Gasteiger partial charge in [-0.25, -0.2) is 15.0 Å². The summed E-state index contributed by atoms with van der Waals surface area (Å²) in [4.78, 5) is 39.7. The van der Waals surface area contributed by atoms with E-state index in [0.29, 0.717) is 30.4 Å². The summed E-state index contributed by atoms with van der Waals surface area (Å²) in [6, 6.07) is 8.78. The highest BCUT2D eigenvalue weighted by Crippen LogP contribution is 2.27. The van der Waals surface area contributed by atoms with Gasteiger partial charge in [0.2, 0.25) is 11.5 Å². The zero-order valence-electron chi connectivity index (χ0n) is 17.1. The van der Waals surface area contributed by atoms with E-state index in [2.05, 4.69) is 20.3 Å². The number of nitrogens with zero attached hydrogens (tertiary/aromatic N) is 5. The molecule has 4 heterocycles.